The molecule has 1 amide bonds. The Balaban J connectivity index is 1.99. The minimum Gasteiger partial charge on any atom is -0.341 e. The summed E-state index contributed by atoms with van der Waals surface area (Å²) in [5.74, 6) is 0.547. The lowest BCUT2D eigenvalue weighted by atomic mass is 10.0. The fourth-order valence-electron chi connectivity index (χ4n) is 3.65. The van der Waals surface area contributed by atoms with Gasteiger partial charge in [-0.15, -0.1) is 0 Å². The lowest BCUT2D eigenvalue weighted by molar-refractivity contribution is -0.131. The molecule has 1 aromatic rings. The molecule has 146 valence electrons. The molecule has 1 unspecified atom stereocenters. The van der Waals surface area contributed by atoms with Crippen LogP contribution in [0.2, 0.25) is 0 Å². The van der Waals surface area contributed by atoms with Gasteiger partial charge in [0.1, 0.15) is 5.82 Å². The topological polar surface area (TPSA) is 26.8 Å². The van der Waals surface area contributed by atoms with Gasteiger partial charge in [0, 0.05) is 38.6 Å². The van der Waals surface area contributed by atoms with E-state index in [-0.39, 0.29) is 11.7 Å². The highest BCUT2D eigenvalue weighted by Crippen LogP contribution is 2.21. The van der Waals surface area contributed by atoms with Crippen molar-refractivity contribution in [2.45, 2.75) is 45.7 Å². The second kappa shape index (κ2) is 10.0. The van der Waals surface area contributed by atoms with Gasteiger partial charge < -0.3 is 9.80 Å². The Morgan fingerprint density at radius 1 is 1.23 bits per heavy atom. The molecule has 0 aromatic heterocycles. The van der Waals surface area contributed by atoms with Gasteiger partial charge in [-0.1, -0.05) is 26.0 Å². The fraction of sp³-hybridized carbons (Fsp3) is 0.667. The van der Waals surface area contributed by atoms with Gasteiger partial charge in [0.2, 0.25) is 5.91 Å². The van der Waals surface area contributed by atoms with Crippen LogP contribution in [0.4, 0.5) is 4.39 Å². The van der Waals surface area contributed by atoms with Crippen molar-refractivity contribution in [2.75, 3.05) is 40.3 Å². The van der Waals surface area contributed by atoms with Crippen LogP contribution in [0.25, 0.3) is 0 Å². The predicted octanol–water partition coefficient (Wildman–Crippen LogP) is 3.23. The van der Waals surface area contributed by atoms with E-state index in [2.05, 4.69) is 28.5 Å². The summed E-state index contributed by atoms with van der Waals surface area (Å²) in [6, 6.07) is 7.11. The number of carbonyl (C=O) groups excluding carboxylic acids is 1. The van der Waals surface area contributed by atoms with Gasteiger partial charge in [-0.25, -0.2) is 4.39 Å². The summed E-state index contributed by atoms with van der Waals surface area (Å²) in [6.45, 7) is 8.81. The molecular formula is C21H34FN3O. The molecule has 0 N–H and O–H groups in total. The van der Waals surface area contributed by atoms with Gasteiger partial charge in [0.05, 0.1) is 0 Å². The van der Waals surface area contributed by atoms with E-state index in [0.29, 0.717) is 18.4 Å². The highest BCUT2D eigenvalue weighted by atomic mass is 19.1. The first-order valence-corrected chi connectivity index (χ1v) is 9.78. The van der Waals surface area contributed by atoms with Crippen LogP contribution in [0.15, 0.2) is 24.3 Å². The first-order chi connectivity index (χ1) is 12.4. The summed E-state index contributed by atoms with van der Waals surface area (Å²) in [7, 11) is 4.08. The Kier molecular flexibility index (Phi) is 8.04. The number of amides is 1. The number of benzene rings is 1. The maximum absolute atomic E-state index is 13.2. The van der Waals surface area contributed by atoms with Crippen LogP contribution in [0, 0.1) is 11.7 Å². The molecule has 1 aliphatic heterocycles. The summed E-state index contributed by atoms with van der Waals surface area (Å²) in [4.78, 5) is 19.3. The SMILES string of the molecule is CC(C)C1CN(C(=O)CCCN(C)C)CCCN1Cc1ccc(F)cc1. The quantitative estimate of drug-likeness (QED) is 0.744. The third-order valence-electron chi connectivity index (χ3n) is 5.17. The highest BCUT2D eigenvalue weighted by molar-refractivity contribution is 5.76. The molecule has 1 saturated heterocycles. The molecule has 1 fully saturated rings. The van der Waals surface area contributed by atoms with Gasteiger partial charge in [-0.3, -0.25) is 9.69 Å². The van der Waals surface area contributed by atoms with E-state index in [4.69, 9.17) is 0 Å². The van der Waals surface area contributed by atoms with Crippen LogP contribution >= 0.6 is 0 Å². The molecule has 1 atom stereocenters. The van der Waals surface area contributed by atoms with Crippen molar-refractivity contribution in [3.63, 3.8) is 0 Å². The van der Waals surface area contributed by atoms with Crippen molar-refractivity contribution in [1.82, 2.24) is 14.7 Å². The molecule has 0 saturated carbocycles. The van der Waals surface area contributed by atoms with E-state index in [0.717, 1.165) is 51.1 Å². The summed E-state index contributed by atoms with van der Waals surface area (Å²) in [5.41, 5.74) is 1.13. The van der Waals surface area contributed by atoms with E-state index in [1.165, 1.54) is 12.1 Å². The van der Waals surface area contributed by atoms with Crippen LogP contribution in [0.3, 0.4) is 0 Å². The second-order valence-electron chi connectivity index (χ2n) is 8.01. The monoisotopic (exact) mass is 363 g/mol. The largest absolute Gasteiger partial charge is 0.341 e. The standard InChI is InChI=1S/C21H34FN3O/c1-17(2)20-16-25(21(26)7-5-12-23(3)4)14-6-13-24(20)15-18-8-10-19(22)11-9-18/h8-11,17,20H,5-7,12-16H2,1-4H3. The molecule has 0 bridgehead atoms. The molecule has 0 spiro atoms. The molecule has 5 heteroatoms. The summed E-state index contributed by atoms with van der Waals surface area (Å²) < 4.78 is 13.2. The Bertz CT molecular complexity index is 559. The van der Waals surface area contributed by atoms with Crippen LogP contribution in [-0.4, -0.2) is 66.9 Å². The summed E-state index contributed by atoms with van der Waals surface area (Å²) >= 11 is 0. The maximum Gasteiger partial charge on any atom is 0.222 e. The predicted molar refractivity (Wildman–Crippen MR) is 104 cm³/mol. The number of hydrogen-bond acceptors (Lipinski definition) is 3. The first kappa shape index (κ1) is 20.8. The van der Waals surface area contributed by atoms with Crippen molar-refractivity contribution in [3.8, 4) is 0 Å². The summed E-state index contributed by atoms with van der Waals surface area (Å²) in [5, 5.41) is 0. The van der Waals surface area contributed by atoms with E-state index < -0.39 is 0 Å². The highest BCUT2D eigenvalue weighted by Gasteiger charge is 2.29. The van der Waals surface area contributed by atoms with Gasteiger partial charge in [-0.2, -0.15) is 0 Å². The number of rotatable bonds is 7. The van der Waals surface area contributed by atoms with Crippen molar-refractivity contribution in [3.05, 3.63) is 35.6 Å². The molecule has 1 aromatic carbocycles. The zero-order chi connectivity index (χ0) is 19.1. The summed E-state index contributed by atoms with van der Waals surface area (Å²) in [6.07, 6.45) is 2.53. The lowest BCUT2D eigenvalue weighted by Gasteiger charge is -2.34. The average Bonchev–Trinajstić information content (AvgIpc) is 2.79. The molecule has 0 aliphatic carbocycles. The van der Waals surface area contributed by atoms with Crippen molar-refractivity contribution < 1.29 is 9.18 Å². The minimum atomic E-state index is -0.195. The molecule has 2 rings (SSSR count). The van der Waals surface area contributed by atoms with Crippen molar-refractivity contribution in [2.24, 2.45) is 5.92 Å². The van der Waals surface area contributed by atoms with E-state index in [1.807, 2.05) is 26.2 Å². The van der Waals surface area contributed by atoms with E-state index in [9.17, 15) is 9.18 Å². The van der Waals surface area contributed by atoms with Crippen molar-refractivity contribution in [1.29, 1.82) is 0 Å². The van der Waals surface area contributed by atoms with Crippen LogP contribution in [0.5, 0.6) is 0 Å². The first-order valence-electron chi connectivity index (χ1n) is 9.78. The molecule has 1 heterocycles. The number of carbonyl (C=O) groups is 1. The number of hydrogen-bond donors (Lipinski definition) is 0. The van der Waals surface area contributed by atoms with Crippen LogP contribution in [0.1, 0.15) is 38.7 Å². The number of halogens is 1. The Morgan fingerprint density at radius 2 is 1.92 bits per heavy atom. The van der Waals surface area contributed by atoms with Crippen LogP contribution < -0.4 is 0 Å². The minimum absolute atomic E-state index is 0.195. The smallest absolute Gasteiger partial charge is 0.222 e. The fourth-order valence-corrected chi connectivity index (χ4v) is 3.65. The molecule has 4 nitrogen and oxygen atoms in total. The zero-order valence-electron chi connectivity index (χ0n) is 16.7. The molecular weight excluding hydrogens is 329 g/mol. The van der Waals surface area contributed by atoms with Crippen molar-refractivity contribution >= 4 is 5.91 Å². The average molecular weight is 364 g/mol. The van der Waals surface area contributed by atoms with E-state index >= 15 is 0 Å². The molecule has 0 radical (unpaired) electrons. The van der Waals surface area contributed by atoms with Gasteiger partial charge >= 0.3 is 0 Å². The van der Waals surface area contributed by atoms with Crippen LogP contribution in [-0.2, 0) is 11.3 Å². The van der Waals surface area contributed by atoms with Gasteiger partial charge in [0.15, 0.2) is 0 Å². The zero-order valence-corrected chi connectivity index (χ0v) is 16.7. The maximum atomic E-state index is 13.2. The lowest BCUT2D eigenvalue weighted by Crippen LogP contribution is -2.45. The number of nitrogens with zero attached hydrogens (tertiary/aromatic N) is 3. The Morgan fingerprint density at radius 3 is 2.54 bits per heavy atom. The molecule has 26 heavy (non-hydrogen) atoms. The molecule has 1 aliphatic rings. The Hall–Kier alpha value is -1.46. The van der Waals surface area contributed by atoms with Gasteiger partial charge in [-0.05, 0) is 57.1 Å². The van der Waals surface area contributed by atoms with E-state index in [1.54, 1.807) is 0 Å². The third kappa shape index (κ3) is 6.36. The Labute approximate surface area is 158 Å². The van der Waals surface area contributed by atoms with Gasteiger partial charge in [0.25, 0.3) is 0 Å². The third-order valence-corrected chi connectivity index (χ3v) is 5.17. The second-order valence-corrected chi connectivity index (χ2v) is 8.01. The normalized spacial score (nSPS) is 19.2.